The van der Waals surface area contributed by atoms with Gasteiger partial charge in [0.25, 0.3) is 0 Å². The van der Waals surface area contributed by atoms with Crippen LogP contribution in [0.25, 0.3) is 0 Å². The molecule has 0 fully saturated rings. The van der Waals surface area contributed by atoms with E-state index >= 15 is 0 Å². The summed E-state index contributed by atoms with van der Waals surface area (Å²) in [5, 5.41) is 5.86. The first-order chi connectivity index (χ1) is 9.58. The van der Waals surface area contributed by atoms with Crippen molar-refractivity contribution in [2.24, 2.45) is 0 Å². The van der Waals surface area contributed by atoms with Gasteiger partial charge in [0.2, 0.25) is 0 Å². The Labute approximate surface area is 122 Å². The van der Waals surface area contributed by atoms with E-state index in [9.17, 15) is 4.79 Å². The number of methoxy groups -OCH3 is 1. The highest BCUT2D eigenvalue weighted by atomic mass is 32.1. The highest BCUT2D eigenvalue weighted by Crippen LogP contribution is 2.24. The van der Waals surface area contributed by atoms with Crippen molar-refractivity contribution in [2.45, 2.75) is 6.42 Å². The molecule has 6 heteroatoms. The Hall–Kier alpha value is -2.08. The lowest BCUT2D eigenvalue weighted by Gasteiger charge is -2.13. The first-order valence-corrected chi connectivity index (χ1v) is 7.02. The lowest BCUT2D eigenvalue weighted by molar-refractivity contribution is -0.139. The predicted molar refractivity (Wildman–Crippen MR) is 81.9 cm³/mol. The van der Waals surface area contributed by atoms with Crippen LogP contribution in [0.15, 0.2) is 29.6 Å². The third-order valence-electron chi connectivity index (χ3n) is 2.72. The second kappa shape index (κ2) is 6.38. The molecule has 0 unspecified atom stereocenters. The van der Waals surface area contributed by atoms with Crippen molar-refractivity contribution >= 4 is 33.8 Å². The molecule has 0 aliphatic heterocycles. The summed E-state index contributed by atoms with van der Waals surface area (Å²) in [6.07, 6.45) is 0.201. The lowest BCUT2D eigenvalue weighted by Crippen LogP contribution is -2.08. The number of benzene rings is 1. The van der Waals surface area contributed by atoms with E-state index in [0.717, 1.165) is 16.5 Å². The van der Waals surface area contributed by atoms with E-state index in [1.54, 1.807) is 0 Å². The number of rotatable bonds is 5. The molecule has 2 aromatic rings. The largest absolute Gasteiger partial charge is 0.469 e. The Morgan fingerprint density at radius 1 is 1.45 bits per heavy atom. The molecule has 2 rings (SSSR count). The molecule has 1 N–H and O–H groups in total. The average Bonchev–Trinajstić information content (AvgIpc) is 2.86. The molecule has 0 saturated carbocycles. The molecule has 20 heavy (non-hydrogen) atoms. The predicted octanol–water partition coefficient (Wildman–Crippen LogP) is 2.67. The topological polar surface area (TPSA) is 54.5 Å². The number of carbonyl (C=O) groups is 1. The van der Waals surface area contributed by atoms with Crippen molar-refractivity contribution in [1.82, 2.24) is 4.98 Å². The van der Waals surface area contributed by atoms with Crippen LogP contribution in [-0.2, 0) is 16.0 Å². The van der Waals surface area contributed by atoms with Crippen LogP contribution in [-0.4, -0.2) is 32.2 Å². The summed E-state index contributed by atoms with van der Waals surface area (Å²) in [5.41, 5.74) is 2.80. The molecule has 0 aliphatic rings. The lowest BCUT2D eigenvalue weighted by atomic mass is 10.2. The van der Waals surface area contributed by atoms with Gasteiger partial charge in [-0.05, 0) is 18.2 Å². The van der Waals surface area contributed by atoms with Gasteiger partial charge in [0.15, 0.2) is 5.13 Å². The molecule has 5 nitrogen and oxygen atoms in total. The van der Waals surface area contributed by atoms with Crippen molar-refractivity contribution in [3.05, 3.63) is 35.3 Å². The van der Waals surface area contributed by atoms with E-state index < -0.39 is 0 Å². The monoisotopic (exact) mass is 291 g/mol. The summed E-state index contributed by atoms with van der Waals surface area (Å²) in [7, 11) is 5.37. The van der Waals surface area contributed by atoms with Crippen LogP contribution in [0.4, 0.5) is 16.5 Å². The average molecular weight is 291 g/mol. The molecule has 0 aliphatic carbocycles. The molecule has 106 valence electrons. The third-order valence-corrected chi connectivity index (χ3v) is 3.53. The van der Waals surface area contributed by atoms with Gasteiger partial charge in [-0.15, -0.1) is 11.3 Å². The molecule has 0 bridgehead atoms. The van der Waals surface area contributed by atoms with E-state index in [-0.39, 0.29) is 12.4 Å². The standard InChI is InChI=1S/C14H17N3O2S/c1-17(2)12-6-4-5-10(7-12)15-14-16-11(9-20-14)8-13(18)19-3/h4-7,9H,8H2,1-3H3,(H,15,16). The van der Waals surface area contributed by atoms with E-state index in [1.165, 1.54) is 18.4 Å². The van der Waals surface area contributed by atoms with Crippen LogP contribution in [0.5, 0.6) is 0 Å². The van der Waals surface area contributed by atoms with Crippen LogP contribution in [0.2, 0.25) is 0 Å². The van der Waals surface area contributed by atoms with Gasteiger partial charge in [-0.1, -0.05) is 6.07 Å². The number of thiazole rings is 1. The summed E-state index contributed by atoms with van der Waals surface area (Å²) in [4.78, 5) is 17.6. The third kappa shape index (κ3) is 3.71. The quantitative estimate of drug-likeness (QED) is 0.858. The van der Waals surface area contributed by atoms with E-state index in [0.29, 0.717) is 5.69 Å². The number of hydrogen-bond donors (Lipinski definition) is 1. The second-order valence-electron chi connectivity index (χ2n) is 4.47. The zero-order valence-electron chi connectivity index (χ0n) is 11.7. The Kier molecular flexibility index (Phi) is 4.57. The van der Waals surface area contributed by atoms with Crippen molar-refractivity contribution < 1.29 is 9.53 Å². The fourth-order valence-corrected chi connectivity index (χ4v) is 2.38. The minimum atomic E-state index is -0.281. The van der Waals surface area contributed by atoms with Crippen LogP contribution in [0.3, 0.4) is 0 Å². The molecule has 1 aromatic heterocycles. The maximum absolute atomic E-state index is 11.2. The maximum atomic E-state index is 11.2. The van der Waals surface area contributed by atoms with Gasteiger partial charge < -0.3 is 15.0 Å². The minimum Gasteiger partial charge on any atom is -0.469 e. The van der Waals surface area contributed by atoms with Gasteiger partial charge in [-0.2, -0.15) is 0 Å². The fraction of sp³-hybridized carbons (Fsp3) is 0.286. The summed E-state index contributed by atoms with van der Waals surface area (Å²) in [6.45, 7) is 0. The minimum absolute atomic E-state index is 0.201. The SMILES string of the molecule is COC(=O)Cc1csc(Nc2cccc(N(C)C)c2)n1. The normalized spacial score (nSPS) is 10.2. The smallest absolute Gasteiger partial charge is 0.311 e. The Morgan fingerprint density at radius 3 is 2.95 bits per heavy atom. The van der Waals surface area contributed by atoms with Crippen molar-refractivity contribution in [1.29, 1.82) is 0 Å². The molecular weight excluding hydrogens is 274 g/mol. The van der Waals surface area contributed by atoms with Gasteiger partial charge in [0.1, 0.15) is 0 Å². The number of carbonyl (C=O) groups excluding carboxylic acids is 1. The summed E-state index contributed by atoms with van der Waals surface area (Å²) in [6, 6.07) is 8.05. The summed E-state index contributed by atoms with van der Waals surface area (Å²) < 4.78 is 4.62. The second-order valence-corrected chi connectivity index (χ2v) is 5.32. The number of aromatic nitrogens is 1. The van der Waals surface area contributed by atoms with E-state index in [4.69, 9.17) is 0 Å². The zero-order chi connectivity index (χ0) is 14.5. The molecule has 1 heterocycles. The molecule has 1 aromatic carbocycles. The molecule has 0 spiro atoms. The van der Waals surface area contributed by atoms with Crippen molar-refractivity contribution in [2.75, 3.05) is 31.4 Å². The van der Waals surface area contributed by atoms with Gasteiger partial charge in [-0.3, -0.25) is 4.79 Å². The van der Waals surface area contributed by atoms with Gasteiger partial charge in [0, 0.05) is 30.9 Å². The Balaban J connectivity index is 2.06. The Bertz CT molecular complexity index is 596. The van der Waals surface area contributed by atoms with Crippen molar-refractivity contribution in [3.8, 4) is 0 Å². The van der Waals surface area contributed by atoms with Crippen molar-refractivity contribution in [3.63, 3.8) is 0 Å². The zero-order valence-corrected chi connectivity index (χ0v) is 12.5. The molecular formula is C14H17N3O2S. The van der Waals surface area contributed by atoms with Crippen LogP contribution in [0.1, 0.15) is 5.69 Å². The number of nitrogens with zero attached hydrogens (tertiary/aromatic N) is 2. The number of ether oxygens (including phenoxy) is 1. The van der Waals surface area contributed by atoms with E-state index in [1.807, 2.05) is 48.6 Å². The molecule has 0 radical (unpaired) electrons. The van der Waals surface area contributed by atoms with Crippen LogP contribution >= 0.6 is 11.3 Å². The van der Waals surface area contributed by atoms with Gasteiger partial charge in [-0.25, -0.2) is 4.98 Å². The molecule has 0 saturated heterocycles. The molecule has 0 atom stereocenters. The Morgan fingerprint density at radius 2 is 2.25 bits per heavy atom. The highest BCUT2D eigenvalue weighted by Gasteiger charge is 2.08. The molecule has 0 amide bonds. The summed E-state index contributed by atoms with van der Waals surface area (Å²) >= 11 is 1.47. The van der Waals surface area contributed by atoms with Crippen LogP contribution < -0.4 is 10.2 Å². The van der Waals surface area contributed by atoms with Crippen LogP contribution in [0, 0.1) is 0 Å². The number of hydrogen-bond acceptors (Lipinski definition) is 6. The van der Waals surface area contributed by atoms with Gasteiger partial charge in [0.05, 0.1) is 19.2 Å². The number of nitrogens with one attached hydrogen (secondary N) is 1. The van der Waals surface area contributed by atoms with E-state index in [2.05, 4.69) is 15.0 Å². The first kappa shape index (κ1) is 14.3. The summed E-state index contributed by atoms with van der Waals surface area (Å²) in [5.74, 6) is -0.281. The number of anilines is 3. The first-order valence-electron chi connectivity index (χ1n) is 6.14. The maximum Gasteiger partial charge on any atom is 0.311 e. The van der Waals surface area contributed by atoms with Gasteiger partial charge >= 0.3 is 5.97 Å². The number of esters is 1. The highest BCUT2D eigenvalue weighted by molar-refractivity contribution is 7.13. The fourth-order valence-electron chi connectivity index (χ4n) is 1.65.